The van der Waals surface area contributed by atoms with E-state index in [9.17, 15) is 0 Å². The second kappa shape index (κ2) is 12.2. The first kappa shape index (κ1) is 16.7. The van der Waals surface area contributed by atoms with Gasteiger partial charge < -0.3 is 5.32 Å². The molecular formula is C16H33N. The Bertz CT molecular complexity index is 184. The third-order valence-corrected chi connectivity index (χ3v) is 3.18. The summed E-state index contributed by atoms with van der Waals surface area (Å²) in [5.74, 6) is 0. The lowest BCUT2D eigenvalue weighted by atomic mass is 9.96. The van der Waals surface area contributed by atoms with E-state index in [1.54, 1.807) is 5.57 Å². The van der Waals surface area contributed by atoms with Crippen LogP contribution in [0, 0.1) is 0 Å². The molecule has 0 amide bonds. The molecule has 1 N–H and O–H groups in total. The topological polar surface area (TPSA) is 12.0 Å². The second-order valence-corrected chi connectivity index (χ2v) is 4.97. The molecule has 0 saturated heterocycles. The maximum atomic E-state index is 3.75. The Balaban J connectivity index is 4.35. The van der Waals surface area contributed by atoms with Gasteiger partial charge in [0.25, 0.3) is 0 Å². The molecule has 0 aromatic heterocycles. The molecule has 0 fully saturated rings. The largest absolute Gasteiger partial charge is 0.310 e. The summed E-state index contributed by atoms with van der Waals surface area (Å²) < 4.78 is 0. The lowest BCUT2D eigenvalue weighted by Gasteiger charge is -2.22. The average Bonchev–Trinajstić information content (AvgIpc) is 2.34. The van der Waals surface area contributed by atoms with Gasteiger partial charge >= 0.3 is 0 Å². The van der Waals surface area contributed by atoms with Crippen molar-refractivity contribution in [1.29, 1.82) is 0 Å². The SMILES string of the molecule is CCC/C=C(\CCC)C(CCC)NCCCC. The Morgan fingerprint density at radius 3 is 2.29 bits per heavy atom. The van der Waals surface area contributed by atoms with E-state index >= 15 is 0 Å². The van der Waals surface area contributed by atoms with Gasteiger partial charge in [-0.2, -0.15) is 0 Å². The van der Waals surface area contributed by atoms with E-state index in [1.165, 1.54) is 57.9 Å². The molecule has 17 heavy (non-hydrogen) atoms. The first-order valence-electron chi connectivity index (χ1n) is 7.72. The van der Waals surface area contributed by atoms with E-state index in [-0.39, 0.29) is 0 Å². The number of nitrogens with one attached hydrogen (secondary N) is 1. The molecule has 0 saturated carbocycles. The molecule has 0 aliphatic heterocycles. The summed E-state index contributed by atoms with van der Waals surface area (Å²) in [5.41, 5.74) is 1.66. The molecule has 1 atom stereocenters. The van der Waals surface area contributed by atoms with Crippen molar-refractivity contribution in [2.24, 2.45) is 0 Å². The lowest BCUT2D eigenvalue weighted by Crippen LogP contribution is -2.31. The van der Waals surface area contributed by atoms with E-state index < -0.39 is 0 Å². The van der Waals surface area contributed by atoms with Crippen molar-refractivity contribution in [1.82, 2.24) is 5.32 Å². The normalized spacial score (nSPS) is 14.0. The molecule has 0 rings (SSSR count). The molecule has 0 aromatic carbocycles. The molecule has 102 valence electrons. The summed E-state index contributed by atoms with van der Waals surface area (Å²) in [6.45, 7) is 10.3. The molecule has 0 heterocycles. The third-order valence-electron chi connectivity index (χ3n) is 3.18. The Hall–Kier alpha value is -0.300. The van der Waals surface area contributed by atoms with Gasteiger partial charge in [-0.25, -0.2) is 0 Å². The number of unbranched alkanes of at least 4 members (excludes halogenated alkanes) is 2. The first-order valence-corrected chi connectivity index (χ1v) is 7.72. The van der Waals surface area contributed by atoms with Gasteiger partial charge in [0.15, 0.2) is 0 Å². The maximum absolute atomic E-state index is 3.75. The Kier molecular flexibility index (Phi) is 12.0. The lowest BCUT2D eigenvalue weighted by molar-refractivity contribution is 0.502. The van der Waals surface area contributed by atoms with Gasteiger partial charge in [0.2, 0.25) is 0 Å². The molecular weight excluding hydrogens is 206 g/mol. The van der Waals surface area contributed by atoms with Crippen LogP contribution in [0.4, 0.5) is 0 Å². The minimum atomic E-state index is 0.637. The van der Waals surface area contributed by atoms with Gasteiger partial charge in [0.05, 0.1) is 0 Å². The highest BCUT2D eigenvalue weighted by Gasteiger charge is 2.11. The van der Waals surface area contributed by atoms with E-state index in [2.05, 4.69) is 39.1 Å². The molecule has 1 heteroatoms. The minimum Gasteiger partial charge on any atom is -0.310 e. The molecule has 0 radical (unpaired) electrons. The zero-order chi connectivity index (χ0) is 12.9. The highest BCUT2D eigenvalue weighted by Crippen LogP contribution is 2.16. The van der Waals surface area contributed by atoms with Crippen molar-refractivity contribution >= 4 is 0 Å². The van der Waals surface area contributed by atoms with Crippen LogP contribution in [0.1, 0.15) is 79.1 Å². The summed E-state index contributed by atoms with van der Waals surface area (Å²) >= 11 is 0. The zero-order valence-corrected chi connectivity index (χ0v) is 12.5. The third kappa shape index (κ3) is 8.43. The van der Waals surface area contributed by atoms with Crippen LogP contribution in [-0.4, -0.2) is 12.6 Å². The number of allylic oxidation sites excluding steroid dienone is 1. The maximum Gasteiger partial charge on any atom is 0.0279 e. The van der Waals surface area contributed by atoms with Crippen LogP contribution in [0.3, 0.4) is 0 Å². The smallest absolute Gasteiger partial charge is 0.0279 e. The van der Waals surface area contributed by atoms with Gasteiger partial charge in [-0.15, -0.1) is 0 Å². The Morgan fingerprint density at radius 1 is 1.00 bits per heavy atom. The predicted molar refractivity (Wildman–Crippen MR) is 79.5 cm³/mol. The summed E-state index contributed by atoms with van der Waals surface area (Å²) in [7, 11) is 0. The van der Waals surface area contributed by atoms with Crippen LogP contribution in [-0.2, 0) is 0 Å². The van der Waals surface area contributed by atoms with Gasteiger partial charge in [-0.05, 0) is 32.2 Å². The average molecular weight is 239 g/mol. The van der Waals surface area contributed by atoms with Gasteiger partial charge in [-0.3, -0.25) is 0 Å². The second-order valence-electron chi connectivity index (χ2n) is 4.97. The summed E-state index contributed by atoms with van der Waals surface area (Å²) in [6, 6.07) is 0.637. The molecule has 0 aromatic rings. The van der Waals surface area contributed by atoms with Crippen LogP contribution in [0.5, 0.6) is 0 Å². The standard InChI is InChI=1S/C16H33N/c1-5-9-13-15(11-7-3)16(12-8-4)17-14-10-6-2/h13,16-17H,5-12,14H2,1-4H3/b15-13+. The van der Waals surface area contributed by atoms with E-state index in [0.29, 0.717) is 6.04 Å². The van der Waals surface area contributed by atoms with Crippen LogP contribution < -0.4 is 5.32 Å². The van der Waals surface area contributed by atoms with Crippen molar-refractivity contribution in [2.75, 3.05) is 6.54 Å². The fraction of sp³-hybridized carbons (Fsp3) is 0.875. The Labute approximate surface area is 109 Å². The van der Waals surface area contributed by atoms with E-state index in [4.69, 9.17) is 0 Å². The van der Waals surface area contributed by atoms with Gasteiger partial charge in [-0.1, -0.05) is 65.0 Å². The highest BCUT2D eigenvalue weighted by atomic mass is 14.9. The summed E-state index contributed by atoms with van der Waals surface area (Å²) in [4.78, 5) is 0. The molecule has 0 bridgehead atoms. The zero-order valence-electron chi connectivity index (χ0n) is 12.5. The summed E-state index contributed by atoms with van der Waals surface area (Å²) in [6.07, 6.45) is 12.7. The van der Waals surface area contributed by atoms with Crippen LogP contribution >= 0.6 is 0 Å². The van der Waals surface area contributed by atoms with Gasteiger partial charge in [0.1, 0.15) is 0 Å². The van der Waals surface area contributed by atoms with Gasteiger partial charge in [0, 0.05) is 6.04 Å². The van der Waals surface area contributed by atoms with Crippen LogP contribution in [0.25, 0.3) is 0 Å². The highest BCUT2D eigenvalue weighted by molar-refractivity contribution is 5.10. The number of rotatable bonds is 11. The molecule has 1 unspecified atom stereocenters. The summed E-state index contributed by atoms with van der Waals surface area (Å²) in [5, 5.41) is 3.75. The predicted octanol–water partition coefficient (Wildman–Crippen LogP) is 5.07. The number of hydrogen-bond acceptors (Lipinski definition) is 1. The first-order chi connectivity index (χ1) is 8.29. The Morgan fingerprint density at radius 2 is 1.76 bits per heavy atom. The van der Waals surface area contributed by atoms with Crippen LogP contribution in [0.2, 0.25) is 0 Å². The van der Waals surface area contributed by atoms with Crippen molar-refractivity contribution in [3.63, 3.8) is 0 Å². The molecule has 1 nitrogen and oxygen atoms in total. The molecule has 0 aliphatic carbocycles. The van der Waals surface area contributed by atoms with E-state index in [0.717, 1.165) is 0 Å². The fourth-order valence-corrected chi connectivity index (χ4v) is 2.20. The minimum absolute atomic E-state index is 0.637. The van der Waals surface area contributed by atoms with E-state index in [1.807, 2.05) is 0 Å². The van der Waals surface area contributed by atoms with Crippen molar-refractivity contribution < 1.29 is 0 Å². The van der Waals surface area contributed by atoms with Crippen molar-refractivity contribution in [3.05, 3.63) is 11.6 Å². The number of hydrogen-bond donors (Lipinski definition) is 1. The quantitative estimate of drug-likeness (QED) is 0.392. The van der Waals surface area contributed by atoms with Crippen molar-refractivity contribution in [3.8, 4) is 0 Å². The molecule has 0 spiro atoms. The monoisotopic (exact) mass is 239 g/mol. The van der Waals surface area contributed by atoms with Crippen LogP contribution in [0.15, 0.2) is 11.6 Å². The van der Waals surface area contributed by atoms with Crippen molar-refractivity contribution in [2.45, 2.75) is 85.1 Å². The molecule has 0 aliphatic rings. The fourth-order valence-electron chi connectivity index (χ4n) is 2.20.